The van der Waals surface area contributed by atoms with Gasteiger partial charge in [0.25, 0.3) is 0 Å². The van der Waals surface area contributed by atoms with Crippen molar-refractivity contribution in [2.75, 3.05) is 6.54 Å². The molecule has 6 nitrogen and oxygen atoms in total. The number of hydrogen-bond donors (Lipinski definition) is 3. The Morgan fingerprint density at radius 3 is 2.27 bits per heavy atom. The second kappa shape index (κ2) is 10.7. The van der Waals surface area contributed by atoms with E-state index in [0.717, 1.165) is 17.2 Å². The van der Waals surface area contributed by atoms with Crippen molar-refractivity contribution in [3.63, 3.8) is 0 Å². The van der Waals surface area contributed by atoms with Gasteiger partial charge in [0, 0.05) is 17.6 Å². The fourth-order valence-corrected chi connectivity index (χ4v) is 5.16. The minimum atomic E-state index is -3.84. The molecule has 0 spiro atoms. The summed E-state index contributed by atoms with van der Waals surface area (Å²) < 4.78 is 25.8. The van der Waals surface area contributed by atoms with Crippen molar-refractivity contribution in [1.29, 1.82) is 0 Å². The van der Waals surface area contributed by atoms with E-state index in [1.807, 2.05) is 13.0 Å². The van der Waals surface area contributed by atoms with Gasteiger partial charge >= 0.3 is 5.97 Å². The summed E-state index contributed by atoms with van der Waals surface area (Å²) in [4.78, 5) is 11.1. The number of rotatable bonds is 9. The van der Waals surface area contributed by atoms with Crippen LogP contribution in [0.5, 0.6) is 0 Å². The number of carbonyl (C=O) groups is 1. The molecule has 0 radical (unpaired) electrons. The predicted molar refractivity (Wildman–Crippen MR) is 128 cm³/mol. The molecule has 0 heterocycles. The molecule has 3 aromatic rings. The number of carboxylic acids is 1. The second-order valence-corrected chi connectivity index (χ2v) is 10.5. The van der Waals surface area contributed by atoms with E-state index in [-0.39, 0.29) is 26.4 Å². The summed E-state index contributed by atoms with van der Waals surface area (Å²) in [5.41, 5.74) is 1.49. The maximum Gasteiger partial charge on any atom is 0.337 e. The molecule has 33 heavy (non-hydrogen) atoms. The molecule has 3 aromatic carbocycles. The molecule has 0 saturated heterocycles. The topological polar surface area (TPSA) is 104 Å². The largest absolute Gasteiger partial charge is 0.478 e. The zero-order valence-corrected chi connectivity index (χ0v) is 20.0. The highest BCUT2D eigenvalue weighted by atomic mass is 35.5. The van der Waals surface area contributed by atoms with Crippen molar-refractivity contribution in [2.45, 2.75) is 35.3 Å². The molecule has 0 amide bonds. The Morgan fingerprint density at radius 1 is 1.00 bits per heavy atom. The van der Waals surface area contributed by atoms with Crippen LogP contribution in [0.1, 0.15) is 34.5 Å². The van der Waals surface area contributed by atoms with Crippen molar-refractivity contribution in [2.24, 2.45) is 0 Å². The van der Waals surface area contributed by atoms with Gasteiger partial charge in [0.05, 0.1) is 26.5 Å². The SMILES string of the molecule is C[C@H](Cc1ccc(S(=O)(=O)c2ccc(C(=O)O)c(Cl)c2)cc1)NC[C@@H](O)c1cccc(Cl)c1. The van der Waals surface area contributed by atoms with Gasteiger partial charge in [-0.3, -0.25) is 0 Å². The Labute approximate surface area is 202 Å². The molecule has 0 bridgehead atoms. The van der Waals surface area contributed by atoms with Crippen molar-refractivity contribution in [3.05, 3.63) is 93.5 Å². The molecular weight excluding hydrogens is 485 g/mol. The minimum absolute atomic E-state index is 0.0312. The summed E-state index contributed by atoms with van der Waals surface area (Å²) in [5.74, 6) is -1.23. The number of carboxylic acid groups (broad SMARTS) is 1. The Kier molecular flexibility index (Phi) is 8.15. The van der Waals surface area contributed by atoms with Crippen LogP contribution in [-0.4, -0.2) is 37.2 Å². The minimum Gasteiger partial charge on any atom is -0.478 e. The normalized spacial score (nSPS) is 13.5. The van der Waals surface area contributed by atoms with Crippen LogP contribution in [-0.2, 0) is 16.3 Å². The number of aliphatic hydroxyl groups excluding tert-OH is 1. The lowest BCUT2D eigenvalue weighted by Crippen LogP contribution is -2.32. The quantitative estimate of drug-likeness (QED) is 0.385. The molecule has 0 saturated carbocycles. The molecule has 174 valence electrons. The van der Waals surface area contributed by atoms with Crippen molar-refractivity contribution >= 4 is 39.0 Å². The van der Waals surface area contributed by atoms with Gasteiger partial charge in [0.15, 0.2) is 0 Å². The van der Waals surface area contributed by atoms with Gasteiger partial charge in [-0.25, -0.2) is 13.2 Å². The van der Waals surface area contributed by atoms with Crippen LogP contribution in [0.3, 0.4) is 0 Å². The summed E-state index contributed by atoms with van der Waals surface area (Å²) >= 11 is 11.9. The molecule has 0 fully saturated rings. The molecule has 0 aliphatic rings. The van der Waals surface area contributed by atoms with Crippen LogP contribution >= 0.6 is 23.2 Å². The van der Waals surface area contributed by atoms with E-state index < -0.39 is 21.9 Å². The number of halogens is 2. The van der Waals surface area contributed by atoms with E-state index in [1.54, 1.807) is 30.3 Å². The first-order valence-corrected chi connectivity index (χ1v) is 12.4. The van der Waals surface area contributed by atoms with Gasteiger partial charge in [-0.1, -0.05) is 47.5 Å². The molecule has 0 aliphatic carbocycles. The average molecular weight is 508 g/mol. The third-order valence-electron chi connectivity index (χ3n) is 5.15. The van der Waals surface area contributed by atoms with Gasteiger partial charge in [0.1, 0.15) is 0 Å². The molecule has 0 unspecified atom stereocenters. The maximum absolute atomic E-state index is 12.9. The number of hydrogen-bond acceptors (Lipinski definition) is 5. The van der Waals surface area contributed by atoms with Crippen molar-refractivity contribution in [3.8, 4) is 0 Å². The van der Waals surface area contributed by atoms with Crippen molar-refractivity contribution in [1.82, 2.24) is 5.32 Å². The van der Waals surface area contributed by atoms with Crippen LogP contribution in [0.15, 0.2) is 76.5 Å². The highest BCUT2D eigenvalue weighted by Gasteiger charge is 2.20. The third-order valence-corrected chi connectivity index (χ3v) is 7.47. The molecule has 3 N–H and O–H groups in total. The Balaban J connectivity index is 1.63. The van der Waals surface area contributed by atoms with Crippen LogP contribution in [0.2, 0.25) is 10.0 Å². The number of benzene rings is 3. The molecule has 9 heteroatoms. The first-order valence-electron chi connectivity index (χ1n) is 10.1. The zero-order chi connectivity index (χ0) is 24.2. The van der Waals surface area contributed by atoms with E-state index >= 15 is 0 Å². The monoisotopic (exact) mass is 507 g/mol. The van der Waals surface area contributed by atoms with E-state index in [1.165, 1.54) is 24.3 Å². The standard InChI is InChI=1S/C24H23Cl2NO5S/c1-15(27-14-23(28)17-3-2-4-18(25)12-17)11-16-5-7-19(8-6-16)33(31,32)20-9-10-21(24(29)30)22(26)13-20/h2-10,12-13,15,23,27-28H,11,14H2,1H3,(H,29,30)/t15-,23-/m1/s1. The lowest BCUT2D eigenvalue weighted by Gasteiger charge is -2.18. The van der Waals surface area contributed by atoms with Gasteiger partial charge in [-0.05, 0) is 66.9 Å². The highest BCUT2D eigenvalue weighted by molar-refractivity contribution is 7.91. The van der Waals surface area contributed by atoms with E-state index in [4.69, 9.17) is 28.3 Å². The summed E-state index contributed by atoms with van der Waals surface area (Å²) in [5, 5.41) is 23.1. The van der Waals surface area contributed by atoms with E-state index in [0.29, 0.717) is 18.0 Å². The first-order chi connectivity index (χ1) is 15.6. The highest BCUT2D eigenvalue weighted by Crippen LogP contribution is 2.26. The van der Waals surface area contributed by atoms with Crippen LogP contribution < -0.4 is 5.32 Å². The van der Waals surface area contributed by atoms with Crippen LogP contribution in [0, 0.1) is 0 Å². The van der Waals surface area contributed by atoms with Gasteiger partial charge in [-0.15, -0.1) is 0 Å². The first kappa shape index (κ1) is 25.2. The number of aliphatic hydroxyl groups is 1. The fourth-order valence-electron chi connectivity index (χ4n) is 3.35. The Morgan fingerprint density at radius 2 is 1.67 bits per heavy atom. The lowest BCUT2D eigenvalue weighted by molar-refractivity contribution is 0.0697. The van der Waals surface area contributed by atoms with Crippen LogP contribution in [0.4, 0.5) is 0 Å². The Bertz CT molecular complexity index is 1250. The number of aromatic carboxylic acids is 1. The predicted octanol–water partition coefficient (Wildman–Crippen LogP) is 4.78. The smallest absolute Gasteiger partial charge is 0.337 e. The van der Waals surface area contributed by atoms with Crippen LogP contribution in [0.25, 0.3) is 0 Å². The number of sulfone groups is 1. The molecule has 0 aliphatic heterocycles. The van der Waals surface area contributed by atoms with Gasteiger partial charge in [-0.2, -0.15) is 0 Å². The summed E-state index contributed by atoms with van der Waals surface area (Å²) in [7, 11) is -3.84. The second-order valence-electron chi connectivity index (χ2n) is 7.68. The molecular formula is C24H23Cl2NO5S. The average Bonchev–Trinajstić information content (AvgIpc) is 2.77. The lowest BCUT2D eigenvalue weighted by atomic mass is 10.1. The summed E-state index contributed by atoms with van der Waals surface area (Å²) in [6.45, 7) is 2.32. The zero-order valence-electron chi connectivity index (χ0n) is 17.7. The maximum atomic E-state index is 12.9. The summed E-state index contributed by atoms with van der Waals surface area (Å²) in [6, 6.07) is 17.1. The number of nitrogens with one attached hydrogen (secondary N) is 1. The fraction of sp³-hybridized carbons (Fsp3) is 0.208. The van der Waals surface area contributed by atoms with Gasteiger partial charge in [0.2, 0.25) is 9.84 Å². The molecule has 2 atom stereocenters. The van der Waals surface area contributed by atoms with E-state index in [9.17, 15) is 18.3 Å². The molecule has 0 aromatic heterocycles. The third kappa shape index (κ3) is 6.34. The summed E-state index contributed by atoms with van der Waals surface area (Å²) in [6.07, 6.45) is -0.0696. The van der Waals surface area contributed by atoms with E-state index in [2.05, 4.69) is 5.32 Å². The Hall–Kier alpha value is -2.42. The van der Waals surface area contributed by atoms with Crippen molar-refractivity contribution < 1.29 is 23.4 Å². The van der Waals surface area contributed by atoms with Gasteiger partial charge < -0.3 is 15.5 Å². The molecule has 3 rings (SSSR count).